The van der Waals surface area contributed by atoms with Crippen molar-refractivity contribution in [2.45, 2.75) is 62.8 Å². The maximum atomic E-state index is 14.9. The maximum absolute atomic E-state index is 14.9. The van der Waals surface area contributed by atoms with E-state index in [2.05, 4.69) is 16.0 Å². The highest BCUT2D eigenvalue weighted by Gasteiger charge is 2.66. The highest BCUT2D eigenvalue weighted by atomic mass is 35.5. The molecule has 0 bridgehead atoms. The van der Waals surface area contributed by atoms with E-state index in [9.17, 15) is 28.6 Å². The van der Waals surface area contributed by atoms with Crippen LogP contribution in [0.1, 0.15) is 44.2 Å². The molecule has 0 radical (unpaired) electrons. The van der Waals surface area contributed by atoms with Crippen LogP contribution in [0.5, 0.6) is 0 Å². The summed E-state index contributed by atoms with van der Waals surface area (Å²) >= 11 is 12.2. The molecule has 12 heteroatoms. The molecule has 39 heavy (non-hydrogen) atoms. The molecule has 0 aliphatic carbocycles. The third-order valence-electron chi connectivity index (χ3n) is 7.40. The van der Waals surface area contributed by atoms with Crippen LogP contribution in [0.15, 0.2) is 30.3 Å². The summed E-state index contributed by atoms with van der Waals surface area (Å²) in [4.78, 5) is 27.6. The summed E-state index contributed by atoms with van der Waals surface area (Å²) in [6, 6.07) is 4.59. The lowest BCUT2D eigenvalue weighted by molar-refractivity contribution is -0.124. The second-order valence-electron chi connectivity index (χ2n) is 11.3. The molecular formula is C27H31Cl2F2N3O5. The summed E-state index contributed by atoms with van der Waals surface area (Å²) in [6.45, 7) is 4.78. The van der Waals surface area contributed by atoms with Crippen LogP contribution in [0.25, 0.3) is 0 Å². The van der Waals surface area contributed by atoms with Crippen LogP contribution < -0.4 is 16.0 Å². The highest BCUT2D eigenvalue weighted by molar-refractivity contribution is 6.31. The molecule has 6 N–H and O–H groups in total. The first-order chi connectivity index (χ1) is 18.2. The molecule has 1 spiro atoms. The summed E-state index contributed by atoms with van der Waals surface area (Å²) < 4.78 is 29.1. The average Bonchev–Trinajstić information content (AvgIpc) is 3.33. The zero-order valence-electron chi connectivity index (χ0n) is 21.6. The van der Waals surface area contributed by atoms with Gasteiger partial charge < -0.3 is 31.3 Å². The van der Waals surface area contributed by atoms with Crippen molar-refractivity contribution in [1.82, 2.24) is 10.6 Å². The fourth-order valence-corrected chi connectivity index (χ4v) is 6.07. The number of carbonyl (C=O) groups excluding carboxylic acids is 2. The topological polar surface area (TPSA) is 131 Å². The number of nitrogens with one attached hydrogen (secondary N) is 3. The first-order valence-corrected chi connectivity index (χ1v) is 13.2. The fourth-order valence-electron chi connectivity index (χ4n) is 5.71. The van der Waals surface area contributed by atoms with Gasteiger partial charge in [0, 0.05) is 24.2 Å². The van der Waals surface area contributed by atoms with Crippen LogP contribution in [0.3, 0.4) is 0 Å². The second-order valence-corrected chi connectivity index (χ2v) is 12.1. The molecule has 2 aromatic carbocycles. The van der Waals surface area contributed by atoms with Gasteiger partial charge in [-0.1, -0.05) is 50.0 Å². The average molecular weight is 586 g/mol. The first-order valence-electron chi connectivity index (χ1n) is 12.5. The second kappa shape index (κ2) is 10.9. The summed E-state index contributed by atoms with van der Waals surface area (Å²) in [5, 5.41) is 37.1. The van der Waals surface area contributed by atoms with Crippen molar-refractivity contribution in [2.24, 2.45) is 5.41 Å². The number of aliphatic hydroxyl groups is 3. The smallest absolute Gasteiger partial charge is 0.237 e. The normalized spacial score (nSPS) is 25.9. The number of amides is 2. The molecule has 2 heterocycles. The number of hydrogen-bond donors (Lipinski definition) is 6. The van der Waals surface area contributed by atoms with Gasteiger partial charge in [0.1, 0.15) is 23.2 Å². The number of benzene rings is 2. The predicted molar refractivity (Wildman–Crippen MR) is 143 cm³/mol. The zero-order valence-corrected chi connectivity index (χ0v) is 23.1. The Labute approximate surface area is 234 Å². The van der Waals surface area contributed by atoms with Crippen molar-refractivity contribution in [3.63, 3.8) is 0 Å². The SMILES string of the molecule is CC(C)(C)C[C@H]1N[C@@H](C(=O)NC[C@H](O)[C@H](O)CO)[C@H](c2ccc(F)c(Cl)c2)[C@@]12C(=O)Nc1cc(Cl)c(F)cc12. The Morgan fingerprint density at radius 3 is 2.38 bits per heavy atom. The number of rotatable bonds is 7. The van der Waals surface area contributed by atoms with Crippen LogP contribution in [0, 0.1) is 17.0 Å². The maximum Gasteiger partial charge on any atom is 0.237 e. The Hall–Kier alpha value is -2.34. The van der Waals surface area contributed by atoms with Gasteiger partial charge >= 0.3 is 0 Å². The van der Waals surface area contributed by atoms with Gasteiger partial charge in [0.2, 0.25) is 11.8 Å². The molecule has 2 aliphatic heterocycles. The Kier molecular flexibility index (Phi) is 8.29. The van der Waals surface area contributed by atoms with Crippen LogP contribution in [-0.4, -0.2) is 64.6 Å². The van der Waals surface area contributed by atoms with E-state index in [-0.39, 0.29) is 22.0 Å². The van der Waals surface area contributed by atoms with Crippen molar-refractivity contribution in [3.8, 4) is 0 Å². The van der Waals surface area contributed by atoms with E-state index in [1.165, 1.54) is 24.3 Å². The Morgan fingerprint density at radius 1 is 1.10 bits per heavy atom. The Balaban J connectivity index is 1.91. The molecule has 4 rings (SSSR count). The van der Waals surface area contributed by atoms with Gasteiger partial charge in [-0.05, 0) is 47.2 Å². The molecular weight excluding hydrogens is 555 g/mol. The van der Waals surface area contributed by atoms with Gasteiger partial charge in [0.25, 0.3) is 0 Å². The monoisotopic (exact) mass is 585 g/mol. The van der Waals surface area contributed by atoms with Gasteiger partial charge in [-0.3, -0.25) is 9.59 Å². The Bertz CT molecular complexity index is 1290. The largest absolute Gasteiger partial charge is 0.394 e. The molecule has 0 unspecified atom stereocenters. The third-order valence-corrected chi connectivity index (χ3v) is 7.98. The summed E-state index contributed by atoms with van der Waals surface area (Å²) in [5.41, 5.74) is -0.920. The van der Waals surface area contributed by atoms with E-state index in [0.29, 0.717) is 23.2 Å². The minimum absolute atomic E-state index is 0.184. The van der Waals surface area contributed by atoms with Crippen LogP contribution in [-0.2, 0) is 15.0 Å². The van der Waals surface area contributed by atoms with Gasteiger partial charge in [0.15, 0.2) is 0 Å². The lowest BCUT2D eigenvalue weighted by atomic mass is 9.62. The van der Waals surface area contributed by atoms with Crippen LogP contribution in [0.4, 0.5) is 14.5 Å². The van der Waals surface area contributed by atoms with Crippen molar-refractivity contribution < 1.29 is 33.7 Å². The zero-order chi connectivity index (χ0) is 28.9. The molecule has 1 fully saturated rings. The minimum Gasteiger partial charge on any atom is -0.394 e. The van der Waals surface area contributed by atoms with Crippen LogP contribution >= 0.6 is 23.2 Å². The van der Waals surface area contributed by atoms with Gasteiger partial charge in [0.05, 0.1) is 28.8 Å². The molecule has 2 amide bonds. The van der Waals surface area contributed by atoms with Crippen molar-refractivity contribution in [1.29, 1.82) is 0 Å². The van der Waals surface area contributed by atoms with E-state index < -0.39 is 65.7 Å². The summed E-state index contributed by atoms with van der Waals surface area (Å²) in [6.07, 6.45) is -2.55. The van der Waals surface area contributed by atoms with E-state index >= 15 is 0 Å². The van der Waals surface area contributed by atoms with Gasteiger partial charge in [-0.25, -0.2) is 8.78 Å². The quantitative estimate of drug-likeness (QED) is 0.296. The number of carbonyl (C=O) groups is 2. The number of fused-ring (bicyclic) bond motifs is 2. The van der Waals surface area contributed by atoms with E-state index in [1.807, 2.05) is 20.8 Å². The van der Waals surface area contributed by atoms with Crippen molar-refractivity contribution >= 4 is 40.7 Å². The van der Waals surface area contributed by atoms with E-state index in [0.717, 1.165) is 6.07 Å². The standard InChI is InChI=1S/C27H31Cl2F2N3O5/c1-26(2,3)9-21-27(13-7-17(31)15(29)8-18(13)33-25(27)39)22(12-4-5-16(30)14(28)6-12)23(34-21)24(38)32-10-19(36)20(37)11-35/h4-8,19-23,34-37H,9-11H2,1-3H3,(H,32,38)(H,33,39)/t19-,20+,21+,22-,23+,27-/m0/s1. The molecule has 2 aromatic rings. The predicted octanol–water partition coefficient (Wildman–Crippen LogP) is 2.85. The van der Waals surface area contributed by atoms with E-state index in [1.54, 1.807) is 0 Å². The number of halogens is 4. The molecule has 0 saturated carbocycles. The van der Waals surface area contributed by atoms with Crippen molar-refractivity contribution in [3.05, 3.63) is 63.1 Å². The van der Waals surface area contributed by atoms with Gasteiger partial charge in [-0.2, -0.15) is 0 Å². The molecule has 2 aliphatic rings. The van der Waals surface area contributed by atoms with Crippen LogP contribution in [0.2, 0.25) is 10.0 Å². The Morgan fingerprint density at radius 2 is 1.77 bits per heavy atom. The number of hydrogen-bond acceptors (Lipinski definition) is 6. The van der Waals surface area contributed by atoms with E-state index in [4.69, 9.17) is 28.3 Å². The molecule has 0 aromatic heterocycles. The molecule has 212 valence electrons. The highest BCUT2D eigenvalue weighted by Crippen LogP contribution is 2.57. The molecule has 8 nitrogen and oxygen atoms in total. The van der Waals surface area contributed by atoms with Gasteiger partial charge in [-0.15, -0.1) is 0 Å². The lowest BCUT2D eigenvalue weighted by Gasteiger charge is -2.37. The lowest BCUT2D eigenvalue weighted by Crippen LogP contribution is -2.49. The fraction of sp³-hybridized carbons (Fsp3) is 0.481. The third kappa shape index (κ3) is 5.38. The summed E-state index contributed by atoms with van der Waals surface area (Å²) in [7, 11) is 0. The minimum atomic E-state index is -1.53. The molecule has 6 atom stereocenters. The molecule has 1 saturated heterocycles. The van der Waals surface area contributed by atoms with Crippen molar-refractivity contribution in [2.75, 3.05) is 18.5 Å². The summed E-state index contributed by atoms with van der Waals surface area (Å²) in [5.74, 6) is -3.55. The number of anilines is 1. The first kappa shape index (κ1) is 29.6. The number of aliphatic hydroxyl groups excluding tert-OH is 3.